The average Bonchev–Trinajstić information content (AvgIpc) is 1.95. The monoisotopic (exact) mass is 281 g/mol. The maximum Gasteiger partial charge on any atom is 0 e. The second-order valence-electron chi connectivity index (χ2n) is 3.62. The molecule has 0 aliphatic heterocycles. The predicted molar refractivity (Wildman–Crippen MR) is 53.9 cm³/mol. The Bertz CT molecular complexity index is 232. The molecule has 0 unspecified atom stereocenters. The van der Waals surface area contributed by atoms with Crippen molar-refractivity contribution in [2.45, 2.75) is 27.7 Å². The van der Waals surface area contributed by atoms with Gasteiger partial charge >= 0.3 is 0 Å². The minimum atomic E-state index is 0. The molecule has 0 spiro atoms. The van der Waals surface area contributed by atoms with Crippen molar-refractivity contribution in [1.29, 1.82) is 0 Å². The van der Waals surface area contributed by atoms with E-state index in [-0.39, 0.29) is 41.0 Å². The fourth-order valence-electron chi connectivity index (χ4n) is 1.41. The van der Waals surface area contributed by atoms with Crippen LogP contribution in [0.4, 0.5) is 9.41 Å². The summed E-state index contributed by atoms with van der Waals surface area (Å²) in [6.07, 6.45) is 3.47. The number of hydrogen-bond acceptors (Lipinski definition) is 0. The van der Waals surface area contributed by atoms with Gasteiger partial charge in [-0.3, -0.25) is 15.5 Å². The van der Waals surface area contributed by atoms with Gasteiger partial charge in [0.25, 0.3) is 0 Å². The molecular weight excluding hydrogens is 265 g/mol. The first-order valence-corrected chi connectivity index (χ1v) is 4.75. The molecule has 0 aromatic carbocycles. The van der Waals surface area contributed by atoms with E-state index in [1.165, 1.54) is 21.4 Å². The Hall–Kier alpha value is 0.440. The van der Waals surface area contributed by atoms with Crippen molar-refractivity contribution in [3.8, 4) is 0 Å². The Balaban J connectivity index is -0.000000333. The summed E-state index contributed by atoms with van der Waals surface area (Å²) in [5.41, 5.74) is 3.13. The zero-order valence-electron chi connectivity index (χ0n) is 8.82. The molecule has 0 nitrogen and oxygen atoms in total. The minimum Gasteiger partial charge on any atom is -0.269 e. The van der Waals surface area contributed by atoms with Crippen molar-refractivity contribution < 1.29 is 35.6 Å². The SMILES string of the molecule is CC1=[C-]C(C)(C)C(C)=C1[SiH3].F.F.[Zr]. The molecule has 0 radical (unpaired) electrons. The number of allylic oxidation sites excluding steroid dienone is 4. The Morgan fingerprint density at radius 3 is 1.62 bits per heavy atom. The summed E-state index contributed by atoms with van der Waals surface area (Å²) in [5, 5.41) is 1.56. The van der Waals surface area contributed by atoms with Crippen LogP contribution in [0.5, 0.6) is 0 Å². The molecule has 13 heavy (non-hydrogen) atoms. The van der Waals surface area contributed by atoms with Crippen molar-refractivity contribution in [2.75, 3.05) is 0 Å². The molecule has 1 rings (SSSR count). The van der Waals surface area contributed by atoms with Gasteiger partial charge in [0.1, 0.15) is 0 Å². The van der Waals surface area contributed by atoms with Crippen LogP contribution in [0, 0.1) is 11.5 Å². The van der Waals surface area contributed by atoms with E-state index in [0.717, 1.165) is 0 Å². The van der Waals surface area contributed by atoms with Crippen LogP contribution in [-0.4, -0.2) is 10.2 Å². The van der Waals surface area contributed by atoms with Gasteiger partial charge in [-0.15, -0.1) is 0 Å². The van der Waals surface area contributed by atoms with Gasteiger partial charge < -0.3 is 0 Å². The second-order valence-corrected chi connectivity index (χ2v) is 4.62. The molecule has 0 atom stereocenters. The first-order chi connectivity index (χ1) is 4.45. The summed E-state index contributed by atoms with van der Waals surface area (Å²) in [6.45, 7) is 8.86. The van der Waals surface area contributed by atoms with E-state index >= 15 is 0 Å². The zero-order chi connectivity index (χ0) is 7.94. The van der Waals surface area contributed by atoms with Crippen LogP contribution >= 0.6 is 0 Å². The summed E-state index contributed by atoms with van der Waals surface area (Å²) in [4.78, 5) is 0. The van der Waals surface area contributed by atoms with Gasteiger partial charge in [-0.1, -0.05) is 33.1 Å². The summed E-state index contributed by atoms with van der Waals surface area (Å²) < 4.78 is 0. The summed E-state index contributed by atoms with van der Waals surface area (Å²) in [5.74, 6) is 0. The quantitative estimate of drug-likeness (QED) is 0.469. The van der Waals surface area contributed by atoms with E-state index in [4.69, 9.17) is 0 Å². The number of halogens is 2. The van der Waals surface area contributed by atoms with E-state index in [0.29, 0.717) is 0 Å². The third-order valence-electron chi connectivity index (χ3n) is 2.56. The van der Waals surface area contributed by atoms with Gasteiger partial charge in [-0.05, 0) is 10.2 Å². The summed E-state index contributed by atoms with van der Waals surface area (Å²) in [7, 11) is 1.17. The Morgan fingerprint density at radius 2 is 1.54 bits per heavy atom. The van der Waals surface area contributed by atoms with Gasteiger partial charge in [0.05, 0.1) is 0 Å². The van der Waals surface area contributed by atoms with Crippen molar-refractivity contribution in [3.05, 3.63) is 22.4 Å². The van der Waals surface area contributed by atoms with Crippen LogP contribution in [0.15, 0.2) is 16.3 Å². The van der Waals surface area contributed by atoms with Gasteiger partial charge in [-0.25, -0.2) is 10.8 Å². The van der Waals surface area contributed by atoms with E-state index in [1.807, 2.05) is 0 Å². The molecule has 0 fully saturated rings. The smallest absolute Gasteiger partial charge is 0 e. The van der Waals surface area contributed by atoms with E-state index in [2.05, 4.69) is 33.8 Å². The molecule has 4 heteroatoms. The molecule has 0 bridgehead atoms. The van der Waals surface area contributed by atoms with Crippen molar-refractivity contribution >= 4 is 10.2 Å². The van der Waals surface area contributed by atoms with Crippen LogP contribution in [0.2, 0.25) is 0 Å². The normalized spacial score (nSPS) is 18.3. The summed E-state index contributed by atoms with van der Waals surface area (Å²) >= 11 is 0. The molecular formula is C9H17F2SiZr-. The molecule has 1 aliphatic rings. The molecule has 76 valence electrons. The van der Waals surface area contributed by atoms with Crippen molar-refractivity contribution in [1.82, 2.24) is 0 Å². The second kappa shape index (κ2) is 6.02. The van der Waals surface area contributed by atoms with E-state index < -0.39 is 0 Å². The first kappa shape index (κ1) is 19.1. The van der Waals surface area contributed by atoms with E-state index in [9.17, 15) is 0 Å². The fraction of sp³-hybridized carbons (Fsp3) is 0.556. The Morgan fingerprint density at radius 1 is 1.15 bits per heavy atom. The molecule has 0 N–H and O–H groups in total. The predicted octanol–water partition coefficient (Wildman–Crippen LogP) is 1.72. The van der Waals surface area contributed by atoms with E-state index in [1.54, 1.807) is 5.20 Å². The van der Waals surface area contributed by atoms with Gasteiger partial charge in [0, 0.05) is 26.2 Å². The molecule has 0 heterocycles. The van der Waals surface area contributed by atoms with Crippen molar-refractivity contribution in [2.24, 2.45) is 5.41 Å². The molecule has 0 aromatic heterocycles. The topological polar surface area (TPSA) is 0 Å². The average molecular weight is 283 g/mol. The third kappa shape index (κ3) is 3.59. The largest absolute Gasteiger partial charge is 0.269 e. The van der Waals surface area contributed by atoms with Crippen LogP contribution in [-0.2, 0) is 26.2 Å². The molecule has 0 aromatic rings. The van der Waals surface area contributed by atoms with Crippen LogP contribution < -0.4 is 0 Å². The minimum absolute atomic E-state index is 0. The fourth-order valence-corrected chi connectivity index (χ4v) is 2.16. The maximum atomic E-state index is 3.47. The Kier molecular flexibility index (Phi) is 8.84. The van der Waals surface area contributed by atoms with Crippen molar-refractivity contribution in [3.63, 3.8) is 0 Å². The maximum absolute atomic E-state index is 3.47. The first-order valence-electron chi connectivity index (χ1n) is 3.75. The zero-order valence-corrected chi connectivity index (χ0v) is 13.3. The van der Waals surface area contributed by atoms with Crippen LogP contribution in [0.3, 0.4) is 0 Å². The third-order valence-corrected chi connectivity index (χ3v) is 4.06. The summed E-state index contributed by atoms with van der Waals surface area (Å²) in [6, 6.07) is 0. The van der Waals surface area contributed by atoms with Gasteiger partial charge in [0.2, 0.25) is 0 Å². The molecule has 0 saturated heterocycles. The van der Waals surface area contributed by atoms with Gasteiger partial charge in [-0.2, -0.15) is 5.57 Å². The Labute approximate surface area is 101 Å². The molecule has 0 saturated carbocycles. The molecule has 0 amide bonds. The van der Waals surface area contributed by atoms with Gasteiger partial charge in [0.15, 0.2) is 0 Å². The van der Waals surface area contributed by atoms with Crippen LogP contribution in [0.25, 0.3) is 0 Å². The number of rotatable bonds is 0. The van der Waals surface area contributed by atoms with Crippen LogP contribution in [0.1, 0.15) is 27.7 Å². The molecule has 1 aliphatic carbocycles. The number of hydrogen-bond donors (Lipinski definition) is 0. The standard InChI is InChI=1S/C9H15Si.2FH.Zr/c1-6-5-9(3,4)7(2)8(6)10;;;/h1-4,10H3;2*1H;/q-1;;;.